The van der Waals surface area contributed by atoms with E-state index >= 15 is 0 Å². The van der Waals surface area contributed by atoms with Crippen molar-refractivity contribution >= 4 is 34.3 Å². The molecule has 0 unspecified atom stereocenters. The third-order valence-electron chi connectivity index (χ3n) is 5.17. The van der Waals surface area contributed by atoms with Gasteiger partial charge in [-0.2, -0.15) is 0 Å². The number of benzene rings is 1. The number of fused-ring (bicyclic) bond motifs is 1. The van der Waals surface area contributed by atoms with Gasteiger partial charge in [-0.1, -0.05) is 24.4 Å². The second kappa shape index (κ2) is 8.02. The molecule has 0 aliphatic heterocycles. The van der Waals surface area contributed by atoms with E-state index in [4.69, 9.17) is 11.6 Å². The summed E-state index contributed by atoms with van der Waals surface area (Å²) in [5.41, 5.74) is 1.92. The minimum Gasteiger partial charge on any atom is -0.351 e. The molecule has 7 heteroatoms. The van der Waals surface area contributed by atoms with E-state index in [0.717, 1.165) is 36.6 Å². The monoisotopic (exact) mass is 396 g/mol. The van der Waals surface area contributed by atoms with Crippen molar-refractivity contribution in [3.8, 4) is 0 Å². The molecule has 0 radical (unpaired) electrons. The van der Waals surface area contributed by atoms with Gasteiger partial charge in [0.1, 0.15) is 5.69 Å². The fourth-order valence-corrected chi connectivity index (χ4v) is 3.88. The molecule has 0 spiro atoms. The lowest BCUT2D eigenvalue weighted by molar-refractivity contribution is 0.0860. The Morgan fingerprint density at radius 1 is 0.964 bits per heavy atom. The molecule has 6 nitrogen and oxygen atoms in total. The highest BCUT2D eigenvalue weighted by Crippen LogP contribution is 2.22. The highest BCUT2D eigenvalue weighted by Gasteiger charge is 2.28. The Morgan fingerprint density at radius 3 is 2.36 bits per heavy atom. The van der Waals surface area contributed by atoms with Crippen LogP contribution in [0.25, 0.3) is 10.9 Å². The van der Waals surface area contributed by atoms with Crippen LogP contribution in [0.4, 0.5) is 0 Å². The largest absolute Gasteiger partial charge is 0.351 e. The van der Waals surface area contributed by atoms with E-state index in [9.17, 15) is 9.59 Å². The summed E-state index contributed by atoms with van der Waals surface area (Å²) in [6.07, 6.45) is 6.91. The van der Waals surface area contributed by atoms with Crippen LogP contribution in [0.15, 0.2) is 48.8 Å². The molecular weight excluding hydrogens is 376 g/mol. The fourth-order valence-electron chi connectivity index (χ4n) is 3.70. The summed E-state index contributed by atoms with van der Waals surface area (Å²) in [6, 6.07) is 10.4. The van der Waals surface area contributed by atoms with Crippen LogP contribution in [0.1, 0.15) is 46.5 Å². The second-order valence-corrected chi connectivity index (χ2v) is 7.53. The number of halogens is 1. The molecule has 2 aromatic heterocycles. The molecule has 2 heterocycles. The van der Waals surface area contributed by atoms with Gasteiger partial charge in [-0.25, -0.2) is 0 Å². The van der Waals surface area contributed by atoms with Gasteiger partial charge in [0.05, 0.1) is 0 Å². The number of amides is 2. The number of hydrogen-bond donors (Lipinski definition) is 3. The number of aromatic nitrogens is 2. The summed E-state index contributed by atoms with van der Waals surface area (Å²) in [5.74, 6) is -0.323. The Kier molecular flexibility index (Phi) is 5.30. The summed E-state index contributed by atoms with van der Waals surface area (Å²) in [5, 5.41) is 7.68. The number of nitrogens with one attached hydrogen (secondary N) is 3. The van der Waals surface area contributed by atoms with Crippen LogP contribution in [-0.2, 0) is 0 Å². The normalized spacial score (nSPS) is 19.3. The molecule has 1 saturated carbocycles. The molecule has 1 aliphatic rings. The van der Waals surface area contributed by atoms with Gasteiger partial charge in [0.15, 0.2) is 0 Å². The number of aromatic amines is 1. The van der Waals surface area contributed by atoms with Gasteiger partial charge in [0, 0.05) is 46.0 Å². The molecule has 28 heavy (non-hydrogen) atoms. The topological polar surface area (TPSA) is 86.9 Å². The van der Waals surface area contributed by atoms with E-state index in [1.165, 1.54) is 0 Å². The van der Waals surface area contributed by atoms with Crippen molar-refractivity contribution < 1.29 is 9.59 Å². The standard InChI is InChI=1S/C21H21ClN4O2/c22-15-5-6-16-14(11-15)12-19(24-16)21(28)26-18-4-2-1-3-17(18)25-20(27)13-7-9-23-10-8-13/h5-12,17-18,24H,1-4H2,(H,25,27)(H,26,28)/t17-,18+/m1/s1. The number of carbonyl (C=O) groups is 2. The van der Waals surface area contributed by atoms with Crippen LogP contribution < -0.4 is 10.6 Å². The number of pyridine rings is 1. The Hall–Kier alpha value is -2.86. The molecule has 2 amide bonds. The Bertz CT molecular complexity index is 1000. The maximum absolute atomic E-state index is 12.8. The van der Waals surface area contributed by atoms with E-state index in [2.05, 4.69) is 20.6 Å². The smallest absolute Gasteiger partial charge is 0.268 e. The van der Waals surface area contributed by atoms with Crippen LogP contribution in [0.5, 0.6) is 0 Å². The quantitative estimate of drug-likeness (QED) is 0.628. The molecule has 1 fully saturated rings. The molecule has 3 N–H and O–H groups in total. The highest BCUT2D eigenvalue weighted by atomic mass is 35.5. The van der Waals surface area contributed by atoms with Gasteiger partial charge >= 0.3 is 0 Å². The van der Waals surface area contributed by atoms with Crippen molar-refractivity contribution in [3.63, 3.8) is 0 Å². The Labute approximate surface area is 167 Å². The van der Waals surface area contributed by atoms with Crippen LogP contribution in [0.2, 0.25) is 5.02 Å². The van der Waals surface area contributed by atoms with E-state index in [-0.39, 0.29) is 23.9 Å². The maximum atomic E-state index is 12.8. The summed E-state index contributed by atoms with van der Waals surface area (Å²) in [7, 11) is 0. The van der Waals surface area contributed by atoms with Crippen LogP contribution in [-0.4, -0.2) is 33.9 Å². The predicted molar refractivity (Wildman–Crippen MR) is 109 cm³/mol. The zero-order valence-electron chi connectivity index (χ0n) is 15.2. The molecule has 0 bridgehead atoms. The summed E-state index contributed by atoms with van der Waals surface area (Å²) in [4.78, 5) is 32.3. The van der Waals surface area contributed by atoms with Crippen molar-refractivity contribution in [3.05, 3.63) is 65.1 Å². The lowest BCUT2D eigenvalue weighted by atomic mass is 9.90. The first-order chi connectivity index (χ1) is 13.6. The predicted octanol–water partition coefficient (Wildman–Crippen LogP) is 3.69. The van der Waals surface area contributed by atoms with Gasteiger partial charge in [0.25, 0.3) is 11.8 Å². The third kappa shape index (κ3) is 4.02. The van der Waals surface area contributed by atoms with Crippen LogP contribution in [0, 0.1) is 0 Å². The number of hydrogen-bond acceptors (Lipinski definition) is 3. The van der Waals surface area contributed by atoms with Gasteiger partial charge in [-0.15, -0.1) is 0 Å². The minimum absolute atomic E-state index is 0.0998. The molecule has 2 atom stereocenters. The molecule has 0 saturated heterocycles. The number of H-pyrrole nitrogens is 1. The molecular formula is C21H21ClN4O2. The lowest BCUT2D eigenvalue weighted by Crippen LogP contribution is -2.53. The van der Waals surface area contributed by atoms with Crippen molar-refractivity contribution in [1.82, 2.24) is 20.6 Å². The minimum atomic E-state index is -0.178. The van der Waals surface area contributed by atoms with E-state index < -0.39 is 0 Å². The first-order valence-electron chi connectivity index (χ1n) is 9.40. The van der Waals surface area contributed by atoms with Gasteiger partial charge in [-0.05, 0) is 49.2 Å². The Morgan fingerprint density at radius 2 is 1.64 bits per heavy atom. The molecule has 1 aromatic carbocycles. The SMILES string of the molecule is O=C(N[C@@H]1CCCC[C@@H]1NC(=O)c1cc2cc(Cl)ccc2[nH]1)c1ccncc1. The van der Waals surface area contributed by atoms with Crippen molar-refractivity contribution in [1.29, 1.82) is 0 Å². The van der Waals surface area contributed by atoms with E-state index in [1.807, 2.05) is 12.1 Å². The number of carbonyl (C=O) groups excluding carboxylic acids is 2. The average molecular weight is 397 g/mol. The first-order valence-corrected chi connectivity index (χ1v) is 9.78. The first kappa shape index (κ1) is 18.5. The maximum Gasteiger partial charge on any atom is 0.268 e. The van der Waals surface area contributed by atoms with E-state index in [1.54, 1.807) is 36.7 Å². The zero-order valence-corrected chi connectivity index (χ0v) is 16.0. The summed E-state index contributed by atoms with van der Waals surface area (Å²) < 4.78 is 0. The third-order valence-corrected chi connectivity index (χ3v) is 5.40. The van der Waals surface area contributed by atoms with Crippen molar-refractivity contribution in [2.75, 3.05) is 0 Å². The zero-order chi connectivity index (χ0) is 19.5. The molecule has 3 aromatic rings. The van der Waals surface area contributed by atoms with Gasteiger partial charge in [0.2, 0.25) is 0 Å². The summed E-state index contributed by atoms with van der Waals surface area (Å²) in [6.45, 7) is 0. The second-order valence-electron chi connectivity index (χ2n) is 7.09. The van der Waals surface area contributed by atoms with E-state index in [0.29, 0.717) is 16.3 Å². The molecule has 1 aliphatic carbocycles. The summed E-state index contributed by atoms with van der Waals surface area (Å²) >= 11 is 6.02. The number of nitrogens with zero attached hydrogens (tertiary/aromatic N) is 1. The average Bonchev–Trinajstić information content (AvgIpc) is 3.13. The van der Waals surface area contributed by atoms with Crippen LogP contribution >= 0.6 is 11.6 Å². The molecule has 144 valence electrons. The Balaban J connectivity index is 1.46. The van der Waals surface area contributed by atoms with Gasteiger partial charge < -0.3 is 15.6 Å². The van der Waals surface area contributed by atoms with Crippen molar-refractivity contribution in [2.24, 2.45) is 0 Å². The number of rotatable bonds is 4. The van der Waals surface area contributed by atoms with Crippen molar-refractivity contribution in [2.45, 2.75) is 37.8 Å². The highest BCUT2D eigenvalue weighted by molar-refractivity contribution is 6.31. The molecule has 4 rings (SSSR count). The van der Waals surface area contributed by atoms with Crippen LogP contribution in [0.3, 0.4) is 0 Å². The fraction of sp³-hybridized carbons (Fsp3) is 0.286. The lowest BCUT2D eigenvalue weighted by Gasteiger charge is -2.32. The van der Waals surface area contributed by atoms with Gasteiger partial charge in [-0.3, -0.25) is 14.6 Å².